The normalized spacial score (nSPS) is 7.20. The third-order valence-corrected chi connectivity index (χ3v) is 0. The van der Waals surface area contributed by atoms with Crippen molar-refractivity contribution in [2.24, 2.45) is 0 Å². The first-order chi connectivity index (χ1) is 1.73. The second kappa shape index (κ2) is 5.74. The molecule has 0 rings (SSSR count). The van der Waals surface area contributed by atoms with E-state index in [4.69, 9.17) is 0 Å². The molecule has 0 nitrogen and oxygen atoms in total. The minimum Gasteiger partial charge on any atom is -0.0715 e. The van der Waals surface area contributed by atoms with Gasteiger partial charge in [0.1, 0.15) is 0 Å². The largest absolute Gasteiger partial charge is 0.0715 e. The molecule has 0 unspecified atom stereocenters. The summed E-state index contributed by atoms with van der Waals surface area (Å²) in [5.41, 5.74) is 0. The summed E-state index contributed by atoms with van der Waals surface area (Å²) >= 11 is 0. The Morgan fingerprint density at radius 3 is 1.00 bits per heavy atom. The second-order valence-electron chi connectivity index (χ2n) is 1.50. The fourth-order valence-corrected chi connectivity index (χ4v) is 0. The number of hydrogen-bond donors (Lipinski definition) is 0. The third kappa shape index (κ3) is 26.6. The predicted octanol–water partition coefficient (Wildman–Crippen LogP) is 1.37. The molecule has 0 spiro atoms. The van der Waals surface area contributed by atoms with Crippen molar-refractivity contribution >= 4 is 8.80 Å². The Balaban J connectivity index is 0. The molecule has 0 aliphatic carbocycles. The molecule has 0 saturated heterocycles. The Labute approximate surface area is 74.2 Å². The molecule has 2 heteroatoms. The van der Waals surface area contributed by atoms with Gasteiger partial charge in [0.05, 0.1) is 0 Å². The van der Waals surface area contributed by atoms with Crippen LogP contribution in [0.4, 0.5) is 0 Å². The van der Waals surface area contributed by atoms with Crippen LogP contribution >= 0.6 is 0 Å². The van der Waals surface area contributed by atoms with Crippen LogP contribution in [0.25, 0.3) is 0 Å². The molecule has 0 aliphatic heterocycles. The molecular formula is C3H9SiYb. The molecule has 0 amide bonds. The van der Waals surface area contributed by atoms with E-state index < -0.39 is 0 Å². The van der Waals surface area contributed by atoms with Crippen LogP contribution in [0, 0.1) is 46.9 Å². The van der Waals surface area contributed by atoms with E-state index in [-0.39, 0.29) is 55.7 Å². The second-order valence-corrected chi connectivity index (χ2v) is 4.50. The molecule has 0 aliphatic rings. The Kier molecular flexibility index (Phi) is 11.3. The molecular weight excluding hydrogens is 237 g/mol. The SMILES string of the molecule is C[Si](C)C.[Yb]. The molecule has 0 atom stereocenters. The Morgan fingerprint density at radius 2 is 1.00 bits per heavy atom. The zero-order valence-electron chi connectivity index (χ0n) is 3.77. The smallest absolute Gasteiger partial charge is 0.0379 e. The van der Waals surface area contributed by atoms with Crippen LogP contribution < -0.4 is 0 Å². The fraction of sp³-hybridized carbons (Fsp3) is 1.00. The van der Waals surface area contributed by atoms with Gasteiger partial charge < -0.3 is 0 Å². The fourth-order valence-electron chi connectivity index (χ4n) is 0. The number of hydrogen-bond acceptors (Lipinski definition) is 0. The summed E-state index contributed by atoms with van der Waals surface area (Å²) in [5.74, 6) is 0. The van der Waals surface area contributed by atoms with Gasteiger partial charge in [-0.25, -0.2) is 0 Å². The van der Waals surface area contributed by atoms with Crippen molar-refractivity contribution in [1.82, 2.24) is 0 Å². The summed E-state index contributed by atoms with van der Waals surface area (Å²) in [6.07, 6.45) is 0. The van der Waals surface area contributed by atoms with Crippen LogP contribution in [0.1, 0.15) is 0 Å². The van der Waals surface area contributed by atoms with Gasteiger partial charge >= 0.3 is 0 Å². The van der Waals surface area contributed by atoms with E-state index in [2.05, 4.69) is 19.6 Å². The quantitative estimate of drug-likeness (QED) is 0.566. The maximum Gasteiger partial charge on any atom is 0.0379 e. The molecule has 0 saturated carbocycles. The van der Waals surface area contributed by atoms with E-state index in [0.29, 0.717) is 0 Å². The van der Waals surface area contributed by atoms with E-state index in [1.54, 1.807) is 0 Å². The van der Waals surface area contributed by atoms with Crippen LogP contribution in [0.2, 0.25) is 19.6 Å². The number of rotatable bonds is 0. The topological polar surface area (TPSA) is 0 Å². The summed E-state index contributed by atoms with van der Waals surface area (Å²) in [5, 5.41) is 0. The van der Waals surface area contributed by atoms with Crippen molar-refractivity contribution in [3.8, 4) is 0 Å². The third-order valence-electron chi connectivity index (χ3n) is 0. The average molecular weight is 246 g/mol. The molecule has 39 valence electrons. The summed E-state index contributed by atoms with van der Waals surface area (Å²) in [7, 11) is 0.120. The van der Waals surface area contributed by atoms with Crippen LogP contribution in [-0.2, 0) is 0 Å². The van der Waals surface area contributed by atoms with Crippen molar-refractivity contribution in [3.05, 3.63) is 0 Å². The zero-order valence-corrected chi connectivity index (χ0v) is 6.48. The van der Waals surface area contributed by atoms with Gasteiger partial charge in [0.15, 0.2) is 0 Å². The first-order valence-electron chi connectivity index (χ1n) is 1.50. The summed E-state index contributed by atoms with van der Waals surface area (Å²) in [6, 6.07) is 0. The van der Waals surface area contributed by atoms with Crippen molar-refractivity contribution in [2.45, 2.75) is 19.6 Å². The molecule has 5 heavy (non-hydrogen) atoms. The van der Waals surface area contributed by atoms with Gasteiger partial charge in [0, 0.05) is 55.7 Å². The first kappa shape index (κ1) is 9.88. The Bertz CT molecular complexity index is 11.6. The average Bonchev–Trinajstić information content (AvgIpc) is 0.811. The van der Waals surface area contributed by atoms with Gasteiger partial charge in [-0.05, 0) is 0 Å². The monoisotopic (exact) mass is 247 g/mol. The van der Waals surface area contributed by atoms with Gasteiger partial charge in [-0.1, -0.05) is 19.6 Å². The standard InChI is InChI=1S/C3H9Si.Yb/c1-4(2)3;/h1-3H3;. The zero-order chi connectivity index (χ0) is 3.58. The van der Waals surface area contributed by atoms with E-state index >= 15 is 0 Å². The predicted molar refractivity (Wildman–Crippen MR) is 23.3 cm³/mol. The maximum atomic E-state index is 2.27. The summed E-state index contributed by atoms with van der Waals surface area (Å²) in [4.78, 5) is 0. The van der Waals surface area contributed by atoms with Gasteiger partial charge in [-0.2, -0.15) is 0 Å². The molecule has 0 heterocycles. The van der Waals surface area contributed by atoms with Gasteiger partial charge in [-0.3, -0.25) is 0 Å². The van der Waals surface area contributed by atoms with Crippen LogP contribution in [0.15, 0.2) is 0 Å². The van der Waals surface area contributed by atoms with Crippen LogP contribution in [-0.4, -0.2) is 8.80 Å². The van der Waals surface area contributed by atoms with Crippen molar-refractivity contribution in [3.63, 3.8) is 0 Å². The van der Waals surface area contributed by atoms with E-state index in [1.165, 1.54) is 0 Å². The Morgan fingerprint density at radius 1 is 1.00 bits per heavy atom. The van der Waals surface area contributed by atoms with Gasteiger partial charge in [0.25, 0.3) is 0 Å². The molecule has 0 fully saturated rings. The molecule has 0 aromatic carbocycles. The van der Waals surface area contributed by atoms with Gasteiger partial charge in [0.2, 0.25) is 0 Å². The van der Waals surface area contributed by atoms with E-state index in [9.17, 15) is 0 Å². The van der Waals surface area contributed by atoms with Crippen LogP contribution in [0.3, 0.4) is 0 Å². The minimum atomic E-state index is 0. The van der Waals surface area contributed by atoms with Crippen molar-refractivity contribution in [1.29, 1.82) is 0 Å². The first-order valence-corrected chi connectivity index (χ1v) is 4.50. The molecule has 0 aromatic rings. The maximum absolute atomic E-state index is 2.27. The molecule has 1 radical (unpaired) electrons. The van der Waals surface area contributed by atoms with E-state index in [0.717, 1.165) is 0 Å². The minimum absolute atomic E-state index is 0. The summed E-state index contributed by atoms with van der Waals surface area (Å²) < 4.78 is 0. The Hall–Kier alpha value is 1.74. The molecule has 0 N–H and O–H groups in total. The van der Waals surface area contributed by atoms with Crippen molar-refractivity contribution < 1.29 is 46.9 Å². The summed E-state index contributed by atoms with van der Waals surface area (Å²) in [6.45, 7) is 6.81. The molecule has 0 bridgehead atoms. The van der Waals surface area contributed by atoms with Crippen molar-refractivity contribution in [2.75, 3.05) is 0 Å². The molecule has 0 aromatic heterocycles. The van der Waals surface area contributed by atoms with Crippen LogP contribution in [0.5, 0.6) is 0 Å². The van der Waals surface area contributed by atoms with Gasteiger partial charge in [-0.15, -0.1) is 0 Å². The van der Waals surface area contributed by atoms with E-state index in [1.807, 2.05) is 0 Å².